The maximum atomic E-state index is 10.3. The van der Waals surface area contributed by atoms with E-state index in [1.165, 1.54) is 16.0 Å². The fourth-order valence-corrected chi connectivity index (χ4v) is 3.24. The molecule has 0 amide bonds. The van der Waals surface area contributed by atoms with E-state index in [9.17, 15) is 5.11 Å². The van der Waals surface area contributed by atoms with Crippen LogP contribution >= 0.6 is 0 Å². The summed E-state index contributed by atoms with van der Waals surface area (Å²) in [5, 5.41) is 12.5. The molecule has 2 atom stereocenters. The lowest BCUT2D eigenvalue weighted by Gasteiger charge is -2.21. The van der Waals surface area contributed by atoms with Gasteiger partial charge in [0.25, 0.3) is 0 Å². The van der Waals surface area contributed by atoms with Crippen molar-refractivity contribution < 1.29 is 20.1 Å². The minimum atomic E-state index is -0.483. The Labute approximate surface area is 157 Å². The molecule has 0 bridgehead atoms. The molecule has 0 radical (unpaired) electrons. The van der Waals surface area contributed by atoms with Crippen LogP contribution in [0.5, 0.6) is 5.75 Å². The van der Waals surface area contributed by atoms with Crippen molar-refractivity contribution in [3.63, 3.8) is 0 Å². The highest BCUT2D eigenvalue weighted by Crippen LogP contribution is 2.25. The third-order valence-corrected chi connectivity index (χ3v) is 5.03. The van der Waals surface area contributed by atoms with E-state index < -0.39 is 6.10 Å². The second-order valence-corrected chi connectivity index (χ2v) is 7.42. The predicted molar refractivity (Wildman–Crippen MR) is 106 cm³/mol. The monoisotopic (exact) mass is 358 g/mol. The van der Waals surface area contributed by atoms with Crippen LogP contribution in [0.4, 0.5) is 0 Å². The first-order valence-electron chi connectivity index (χ1n) is 9.44. The van der Waals surface area contributed by atoms with Crippen molar-refractivity contribution >= 4 is 0 Å². The zero-order valence-electron chi connectivity index (χ0n) is 16.8. The minimum Gasteiger partial charge on any atom is -0.490 e. The molecule has 0 aliphatic heterocycles. The van der Waals surface area contributed by atoms with E-state index in [2.05, 4.69) is 69.7 Å². The number of hydrogen-bond donors (Lipinski definition) is 3. The van der Waals surface area contributed by atoms with Gasteiger partial charge >= 0.3 is 0 Å². The van der Waals surface area contributed by atoms with Gasteiger partial charge in [-0.3, -0.25) is 0 Å². The fraction of sp³-hybridized carbons (Fsp3) is 0.455. The van der Waals surface area contributed by atoms with E-state index in [4.69, 9.17) is 4.74 Å². The number of aliphatic hydroxyl groups excluding tert-OH is 1. The van der Waals surface area contributed by atoms with Gasteiger partial charge in [-0.2, -0.15) is 0 Å². The quantitative estimate of drug-likeness (QED) is 0.621. The molecular weight excluding hydrogens is 324 g/mol. The van der Waals surface area contributed by atoms with Crippen LogP contribution in [0.2, 0.25) is 0 Å². The van der Waals surface area contributed by atoms with E-state index in [1.807, 2.05) is 13.0 Å². The molecule has 0 aliphatic carbocycles. The van der Waals surface area contributed by atoms with Crippen LogP contribution in [-0.2, 0) is 0 Å². The molecule has 26 heavy (non-hydrogen) atoms. The van der Waals surface area contributed by atoms with Crippen LogP contribution in [0.3, 0.4) is 0 Å². The smallest absolute Gasteiger partial charge is 0.162 e. The molecule has 142 valence electrons. The molecular formula is C22H34N2O2+2. The van der Waals surface area contributed by atoms with E-state index in [1.54, 1.807) is 0 Å². The largest absolute Gasteiger partial charge is 0.490 e. The van der Waals surface area contributed by atoms with Crippen LogP contribution in [0, 0.1) is 20.8 Å². The van der Waals surface area contributed by atoms with Crippen molar-refractivity contribution in [3.05, 3.63) is 64.7 Å². The molecule has 2 rings (SSSR count). The molecule has 4 nitrogen and oxygen atoms in total. The lowest BCUT2D eigenvalue weighted by atomic mass is 10.1. The summed E-state index contributed by atoms with van der Waals surface area (Å²) < 4.78 is 5.92. The summed E-state index contributed by atoms with van der Waals surface area (Å²) >= 11 is 0. The standard InChI is InChI=1S/C22H32N2O2/c1-16-11-12-17(2)22(18(16)3)26-15-20(25)13-23-14-21(24(4)5)19-9-7-6-8-10-19/h6-12,20-21,23,25H,13-15H2,1-5H3/p+2/t20-,21+/m1/s1. The first kappa shape index (κ1) is 20.4. The average Bonchev–Trinajstić information content (AvgIpc) is 2.62. The molecule has 0 aliphatic rings. The number of rotatable bonds is 9. The SMILES string of the molecule is Cc1ccc(C)c(OC[C@H](O)C[NH2+]C[C@@H](c2ccccc2)[NH+](C)C)c1C. The molecule has 0 unspecified atom stereocenters. The summed E-state index contributed by atoms with van der Waals surface area (Å²) in [5.41, 5.74) is 4.82. The fourth-order valence-electron chi connectivity index (χ4n) is 3.24. The van der Waals surface area contributed by atoms with Crippen molar-refractivity contribution in [2.24, 2.45) is 0 Å². The Morgan fingerprint density at radius 1 is 0.962 bits per heavy atom. The summed E-state index contributed by atoms with van der Waals surface area (Å²) in [6, 6.07) is 15.1. The Balaban J connectivity index is 1.83. The Morgan fingerprint density at radius 3 is 2.27 bits per heavy atom. The number of aryl methyl sites for hydroxylation is 2. The molecule has 0 fully saturated rings. The molecule has 4 N–H and O–H groups in total. The second kappa shape index (κ2) is 9.72. The molecule has 4 heteroatoms. The first-order chi connectivity index (χ1) is 12.4. The topological polar surface area (TPSA) is 50.5 Å². The van der Waals surface area contributed by atoms with Gasteiger partial charge in [0.2, 0.25) is 0 Å². The second-order valence-electron chi connectivity index (χ2n) is 7.42. The zero-order valence-corrected chi connectivity index (χ0v) is 16.8. The number of nitrogens with two attached hydrogens (primary N) is 1. The van der Waals surface area contributed by atoms with Gasteiger partial charge in [0.1, 0.15) is 31.5 Å². The highest BCUT2D eigenvalue weighted by Gasteiger charge is 2.20. The van der Waals surface area contributed by atoms with Gasteiger partial charge in [0.15, 0.2) is 6.04 Å². The predicted octanol–water partition coefficient (Wildman–Crippen LogP) is 0.801. The first-order valence-corrected chi connectivity index (χ1v) is 9.44. The molecule has 0 saturated heterocycles. The zero-order chi connectivity index (χ0) is 19.1. The summed E-state index contributed by atoms with van der Waals surface area (Å²) in [4.78, 5) is 1.39. The number of aliphatic hydroxyl groups is 1. The third-order valence-electron chi connectivity index (χ3n) is 5.03. The van der Waals surface area contributed by atoms with Crippen LogP contribution < -0.4 is 15.0 Å². The van der Waals surface area contributed by atoms with E-state index in [-0.39, 0.29) is 0 Å². The van der Waals surface area contributed by atoms with Crippen molar-refractivity contribution in [2.45, 2.75) is 32.9 Å². The third kappa shape index (κ3) is 5.56. The van der Waals surface area contributed by atoms with Crippen molar-refractivity contribution in [1.29, 1.82) is 0 Å². The highest BCUT2D eigenvalue weighted by atomic mass is 16.5. The Hall–Kier alpha value is -1.88. The molecule has 0 aromatic heterocycles. The number of nitrogens with one attached hydrogen (secondary N) is 1. The number of ether oxygens (including phenoxy) is 1. The van der Waals surface area contributed by atoms with Gasteiger partial charge in [-0.05, 0) is 37.5 Å². The van der Waals surface area contributed by atoms with Gasteiger partial charge < -0.3 is 20.1 Å². The van der Waals surface area contributed by atoms with Crippen molar-refractivity contribution in [3.8, 4) is 5.75 Å². The van der Waals surface area contributed by atoms with E-state index in [0.717, 1.165) is 23.4 Å². The summed E-state index contributed by atoms with van der Waals surface area (Å²) in [6.07, 6.45) is -0.483. The minimum absolute atomic E-state index is 0.326. The van der Waals surface area contributed by atoms with Gasteiger partial charge in [-0.25, -0.2) is 0 Å². The molecule has 0 spiro atoms. The Morgan fingerprint density at radius 2 is 1.62 bits per heavy atom. The summed E-state index contributed by atoms with van der Waals surface area (Å²) in [6.45, 7) is 8.10. The van der Waals surface area contributed by atoms with Crippen LogP contribution in [-0.4, -0.2) is 45.0 Å². The lowest BCUT2D eigenvalue weighted by molar-refractivity contribution is -0.909. The van der Waals surface area contributed by atoms with Crippen molar-refractivity contribution in [2.75, 3.05) is 33.8 Å². The highest BCUT2D eigenvalue weighted by molar-refractivity contribution is 5.44. The van der Waals surface area contributed by atoms with E-state index >= 15 is 0 Å². The molecule has 2 aromatic carbocycles. The van der Waals surface area contributed by atoms with Crippen LogP contribution in [0.15, 0.2) is 42.5 Å². The van der Waals surface area contributed by atoms with E-state index in [0.29, 0.717) is 19.2 Å². The molecule has 0 heterocycles. The van der Waals surface area contributed by atoms with Gasteiger partial charge in [-0.15, -0.1) is 0 Å². The number of quaternary nitrogens is 2. The van der Waals surface area contributed by atoms with Crippen LogP contribution in [0.25, 0.3) is 0 Å². The molecule has 2 aromatic rings. The molecule has 0 saturated carbocycles. The maximum Gasteiger partial charge on any atom is 0.162 e. The average molecular weight is 359 g/mol. The lowest BCUT2D eigenvalue weighted by Crippen LogP contribution is -3.09. The maximum absolute atomic E-state index is 10.3. The normalized spacial score (nSPS) is 13.7. The summed E-state index contributed by atoms with van der Waals surface area (Å²) in [7, 11) is 4.35. The Bertz CT molecular complexity index is 686. The number of hydrogen-bond acceptors (Lipinski definition) is 2. The Kier molecular flexibility index (Phi) is 7.64. The number of benzene rings is 2. The number of likely N-dealkylation sites (N-methyl/N-ethyl adjacent to an activating group) is 1. The van der Waals surface area contributed by atoms with Crippen LogP contribution in [0.1, 0.15) is 28.3 Å². The van der Waals surface area contributed by atoms with Gasteiger partial charge in [-0.1, -0.05) is 42.5 Å². The van der Waals surface area contributed by atoms with Gasteiger partial charge in [0.05, 0.1) is 14.1 Å². The van der Waals surface area contributed by atoms with Crippen molar-refractivity contribution in [1.82, 2.24) is 0 Å². The summed E-state index contributed by atoms with van der Waals surface area (Å²) in [5.74, 6) is 0.906. The van der Waals surface area contributed by atoms with Gasteiger partial charge in [0, 0.05) is 5.56 Å².